The summed E-state index contributed by atoms with van der Waals surface area (Å²) < 4.78 is 0. The molecule has 3 rings (SSSR count). The van der Waals surface area contributed by atoms with Gasteiger partial charge in [0.2, 0.25) is 5.82 Å². The average Bonchev–Trinajstić information content (AvgIpc) is 3.08. The van der Waals surface area contributed by atoms with E-state index in [-0.39, 0.29) is 12.5 Å². The van der Waals surface area contributed by atoms with Crippen molar-refractivity contribution in [3.63, 3.8) is 0 Å². The number of nitrogens with zero attached hydrogens (tertiary/aromatic N) is 5. The van der Waals surface area contributed by atoms with Crippen LogP contribution < -0.4 is 5.43 Å². The minimum absolute atomic E-state index is 0.0531. The molecule has 0 aliphatic rings. The molecule has 0 spiro atoms. The predicted octanol–water partition coefficient (Wildman–Crippen LogP) is 2.81. The minimum Gasteiger partial charge on any atom is -0.271 e. The van der Waals surface area contributed by atoms with Crippen molar-refractivity contribution in [3.05, 3.63) is 64.7 Å². The Morgan fingerprint density at radius 1 is 1.11 bits per heavy atom. The van der Waals surface area contributed by atoms with Crippen LogP contribution in [0.15, 0.2) is 47.6 Å². The highest BCUT2D eigenvalue weighted by Gasteiger charge is 2.10. The molecule has 0 aliphatic carbocycles. The zero-order chi connectivity index (χ0) is 19.4. The second-order valence-electron chi connectivity index (χ2n) is 6.52. The van der Waals surface area contributed by atoms with E-state index in [1.807, 2.05) is 51.1 Å². The van der Waals surface area contributed by atoms with Gasteiger partial charge in [-0.2, -0.15) is 9.90 Å². The van der Waals surface area contributed by atoms with Gasteiger partial charge in [-0.1, -0.05) is 48.0 Å². The number of aryl methyl sites for hydroxylation is 3. The lowest BCUT2D eigenvalue weighted by Crippen LogP contribution is -2.25. The number of hydrazone groups is 1. The fourth-order valence-electron chi connectivity index (χ4n) is 3.13. The van der Waals surface area contributed by atoms with Crippen LogP contribution in [0.1, 0.15) is 29.2 Å². The van der Waals surface area contributed by atoms with E-state index in [1.54, 1.807) is 0 Å². The average molecular weight is 362 g/mol. The molecule has 0 radical (unpaired) electrons. The van der Waals surface area contributed by atoms with E-state index in [0.717, 1.165) is 28.0 Å². The molecule has 0 fully saturated rings. The zero-order valence-electron chi connectivity index (χ0n) is 15.9. The first-order valence-corrected chi connectivity index (χ1v) is 8.68. The number of rotatable bonds is 5. The van der Waals surface area contributed by atoms with Gasteiger partial charge in [0.05, 0.1) is 5.71 Å². The number of hydrogen-bond donors (Lipinski definition) is 1. The highest BCUT2D eigenvalue weighted by molar-refractivity contribution is 6.01. The maximum Gasteiger partial charge on any atom is 0.263 e. The van der Waals surface area contributed by atoms with Crippen molar-refractivity contribution >= 4 is 11.6 Å². The quantitative estimate of drug-likeness (QED) is 0.559. The second kappa shape index (κ2) is 7.90. The van der Waals surface area contributed by atoms with Gasteiger partial charge in [0, 0.05) is 11.1 Å². The van der Waals surface area contributed by atoms with Crippen molar-refractivity contribution in [2.24, 2.45) is 5.10 Å². The molecule has 3 aromatic rings. The first-order chi connectivity index (χ1) is 12.9. The van der Waals surface area contributed by atoms with Crippen LogP contribution in [0.25, 0.3) is 11.4 Å². The van der Waals surface area contributed by atoms with E-state index in [0.29, 0.717) is 5.82 Å². The van der Waals surface area contributed by atoms with Gasteiger partial charge in [-0.05, 0) is 44.0 Å². The Kier molecular flexibility index (Phi) is 5.40. The van der Waals surface area contributed by atoms with Crippen molar-refractivity contribution in [2.75, 3.05) is 0 Å². The molecule has 0 unspecified atom stereocenters. The third kappa shape index (κ3) is 4.44. The van der Waals surface area contributed by atoms with E-state index < -0.39 is 0 Å². The predicted molar refractivity (Wildman–Crippen MR) is 104 cm³/mol. The fourth-order valence-corrected chi connectivity index (χ4v) is 3.13. The minimum atomic E-state index is -0.311. The second-order valence-corrected chi connectivity index (χ2v) is 6.52. The number of benzene rings is 2. The molecule has 1 N–H and O–H groups in total. The number of nitrogens with one attached hydrogen (secondary N) is 1. The molecular formula is C20H22N6O. The lowest BCUT2D eigenvalue weighted by molar-refractivity contribution is -0.122. The van der Waals surface area contributed by atoms with Gasteiger partial charge < -0.3 is 0 Å². The van der Waals surface area contributed by atoms with Gasteiger partial charge in [-0.25, -0.2) is 5.43 Å². The molecule has 0 atom stereocenters. The number of amides is 1. The first kappa shape index (κ1) is 18.4. The van der Waals surface area contributed by atoms with E-state index >= 15 is 0 Å². The lowest BCUT2D eigenvalue weighted by atomic mass is 9.97. The van der Waals surface area contributed by atoms with Crippen LogP contribution in [0.3, 0.4) is 0 Å². The van der Waals surface area contributed by atoms with Crippen molar-refractivity contribution in [1.82, 2.24) is 25.6 Å². The SMILES string of the molecule is C/C(=N/NC(=O)Cn1nnc(-c2ccccc2)n1)c1c(C)cc(C)cc1C. The molecule has 0 saturated carbocycles. The summed E-state index contributed by atoms with van der Waals surface area (Å²) in [6.45, 7) is 7.97. The van der Waals surface area contributed by atoms with E-state index in [9.17, 15) is 4.79 Å². The monoisotopic (exact) mass is 362 g/mol. The summed E-state index contributed by atoms with van der Waals surface area (Å²) in [6.07, 6.45) is 0. The summed E-state index contributed by atoms with van der Waals surface area (Å²) in [5, 5.41) is 16.4. The highest BCUT2D eigenvalue weighted by atomic mass is 16.2. The molecule has 27 heavy (non-hydrogen) atoms. The Bertz CT molecular complexity index is 968. The van der Waals surface area contributed by atoms with Gasteiger partial charge >= 0.3 is 0 Å². The molecule has 7 nitrogen and oxygen atoms in total. The van der Waals surface area contributed by atoms with Crippen LogP contribution in [-0.4, -0.2) is 31.8 Å². The summed E-state index contributed by atoms with van der Waals surface area (Å²) >= 11 is 0. The number of tetrazole rings is 1. The van der Waals surface area contributed by atoms with Crippen molar-refractivity contribution < 1.29 is 4.79 Å². The van der Waals surface area contributed by atoms with E-state index in [1.165, 1.54) is 10.4 Å². The van der Waals surface area contributed by atoms with E-state index in [4.69, 9.17) is 0 Å². The summed E-state index contributed by atoms with van der Waals surface area (Å²) in [6, 6.07) is 13.7. The number of carbonyl (C=O) groups excluding carboxylic acids is 1. The lowest BCUT2D eigenvalue weighted by Gasteiger charge is -2.11. The Hall–Kier alpha value is -3.35. The standard InChI is InChI=1S/C20H22N6O/c1-13-10-14(2)19(15(3)11-13)16(4)21-22-18(27)12-26-24-20(23-25-26)17-8-6-5-7-9-17/h5-11H,12H2,1-4H3,(H,22,27)/b21-16-. The van der Waals surface area contributed by atoms with Crippen LogP contribution in [0, 0.1) is 20.8 Å². The molecule has 0 aliphatic heterocycles. The Morgan fingerprint density at radius 2 is 1.78 bits per heavy atom. The molecular weight excluding hydrogens is 340 g/mol. The molecule has 1 aromatic heterocycles. The molecule has 138 valence electrons. The zero-order valence-corrected chi connectivity index (χ0v) is 15.9. The summed E-state index contributed by atoms with van der Waals surface area (Å²) in [5.41, 5.74) is 8.70. The highest BCUT2D eigenvalue weighted by Crippen LogP contribution is 2.17. The van der Waals surface area contributed by atoms with E-state index in [2.05, 4.69) is 45.0 Å². The first-order valence-electron chi connectivity index (χ1n) is 8.68. The smallest absolute Gasteiger partial charge is 0.263 e. The maximum absolute atomic E-state index is 12.2. The van der Waals surface area contributed by atoms with Crippen LogP contribution in [0.2, 0.25) is 0 Å². The van der Waals surface area contributed by atoms with Gasteiger partial charge in [-0.3, -0.25) is 4.79 Å². The Morgan fingerprint density at radius 3 is 2.44 bits per heavy atom. The van der Waals surface area contributed by atoms with Crippen molar-refractivity contribution in [1.29, 1.82) is 0 Å². The maximum atomic E-state index is 12.2. The van der Waals surface area contributed by atoms with Crippen LogP contribution in [0.4, 0.5) is 0 Å². The Labute approximate surface area is 158 Å². The molecule has 1 heterocycles. The van der Waals surface area contributed by atoms with Gasteiger partial charge in [0.15, 0.2) is 0 Å². The number of hydrogen-bond acceptors (Lipinski definition) is 5. The molecule has 7 heteroatoms. The molecule has 0 bridgehead atoms. The third-order valence-electron chi connectivity index (χ3n) is 4.16. The van der Waals surface area contributed by atoms with Crippen molar-refractivity contribution in [3.8, 4) is 11.4 Å². The number of carbonyl (C=O) groups is 1. The molecule has 1 amide bonds. The van der Waals surface area contributed by atoms with Gasteiger partial charge in [0.1, 0.15) is 6.54 Å². The van der Waals surface area contributed by atoms with Crippen LogP contribution >= 0.6 is 0 Å². The number of aromatic nitrogens is 4. The normalized spacial score (nSPS) is 11.5. The Balaban J connectivity index is 1.66. The fraction of sp³-hybridized carbons (Fsp3) is 0.250. The largest absolute Gasteiger partial charge is 0.271 e. The van der Waals surface area contributed by atoms with Crippen LogP contribution in [-0.2, 0) is 11.3 Å². The third-order valence-corrected chi connectivity index (χ3v) is 4.16. The summed E-state index contributed by atoms with van der Waals surface area (Å²) in [7, 11) is 0. The summed E-state index contributed by atoms with van der Waals surface area (Å²) in [5.74, 6) is 0.169. The topological polar surface area (TPSA) is 85.1 Å². The van der Waals surface area contributed by atoms with Crippen molar-refractivity contribution in [2.45, 2.75) is 34.2 Å². The molecule has 2 aromatic carbocycles. The van der Waals surface area contributed by atoms with Gasteiger partial charge in [-0.15, -0.1) is 10.2 Å². The summed E-state index contributed by atoms with van der Waals surface area (Å²) in [4.78, 5) is 13.4. The van der Waals surface area contributed by atoms with Crippen LogP contribution in [0.5, 0.6) is 0 Å². The van der Waals surface area contributed by atoms with Gasteiger partial charge in [0.25, 0.3) is 5.91 Å². The molecule has 0 saturated heterocycles.